The summed E-state index contributed by atoms with van der Waals surface area (Å²) in [7, 11) is 3.71. The van der Waals surface area contributed by atoms with E-state index in [1.807, 2.05) is 50.2 Å². The number of rotatable bonds is 5. The van der Waals surface area contributed by atoms with Crippen LogP contribution in [-0.4, -0.2) is 42.3 Å². The molecule has 2 amide bonds. The molecular formula is C22H23FN4O2. The third-order valence-electron chi connectivity index (χ3n) is 4.63. The number of hydrogen-bond acceptors (Lipinski definition) is 4. The molecule has 29 heavy (non-hydrogen) atoms. The zero-order valence-electron chi connectivity index (χ0n) is 16.6. The summed E-state index contributed by atoms with van der Waals surface area (Å²) in [5.41, 5.74) is 2.86. The van der Waals surface area contributed by atoms with Crippen LogP contribution < -0.4 is 10.6 Å². The Kier molecular flexibility index (Phi) is 6.19. The molecule has 0 radical (unpaired) electrons. The maximum atomic E-state index is 13.2. The maximum absolute atomic E-state index is 13.2. The van der Waals surface area contributed by atoms with Crippen molar-refractivity contribution in [2.24, 2.45) is 0 Å². The van der Waals surface area contributed by atoms with E-state index in [-0.39, 0.29) is 18.4 Å². The molecule has 1 unspecified atom stereocenters. The third kappa shape index (κ3) is 4.94. The number of carbonyl (C=O) groups is 2. The largest absolute Gasteiger partial charge is 0.346 e. The first-order chi connectivity index (χ1) is 13.8. The van der Waals surface area contributed by atoms with Gasteiger partial charge in [-0.2, -0.15) is 0 Å². The average Bonchev–Trinajstić information content (AvgIpc) is 2.68. The van der Waals surface area contributed by atoms with Crippen LogP contribution in [0, 0.1) is 12.7 Å². The summed E-state index contributed by atoms with van der Waals surface area (Å²) in [6.07, 6.45) is 0. The summed E-state index contributed by atoms with van der Waals surface area (Å²) in [6.45, 7) is 2.04. The predicted octanol–water partition coefficient (Wildman–Crippen LogP) is 3.04. The van der Waals surface area contributed by atoms with Crippen molar-refractivity contribution in [2.45, 2.75) is 13.0 Å². The van der Waals surface area contributed by atoms with Gasteiger partial charge in [0.1, 0.15) is 5.82 Å². The smallest absolute Gasteiger partial charge is 0.313 e. The molecule has 0 fully saturated rings. The molecule has 0 saturated heterocycles. The average molecular weight is 394 g/mol. The Labute approximate surface area is 168 Å². The number of carbonyl (C=O) groups excluding carboxylic acids is 2. The number of aromatic nitrogens is 1. The number of anilines is 1. The number of halogens is 1. The standard InChI is InChI=1S/C22H23FN4O2/c1-14-12-19(17-6-4-5-7-18(17)25-14)26-22(29)21(28)24-13-20(27(2)3)15-8-10-16(23)11-9-15/h4-12,20H,13H2,1-3H3,(H,24,28)(H,25,26,29). The number of nitrogens with zero attached hydrogens (tertiary/aromatic N) is 2. The van der Waals surface area contributed by atoms with Crippen molar-refractivity contribution in [2.75, 3.05) is 26.0 Å². The number of likely N-dealkylation sites (N-methyl/N-ethyl adjacent to an activating group) is 1. The molecule has 0 bridgehead atoms. The van der Waals surface area contributed by atoms with Crippen molar-refractivity contribution >= 4 is 28.4 Å². The lowest BCUT2D eigenvalue weighted by Gasteiger charge is -2.25. The van der Waals surface area contributed by atoms with Crippen LogP contribution in [0.15, 0.2) is 54.6 Å². The van der Waals surface area contributed by atoms with E-state index in [9.17, 15) is 14.0 Å². The highest BCUT2D eigenvalue weighted by Crippen LogP contribution is 2.23. The summed E-state index contributed by atoms with van der Waals surface area (Å²) in [5, 5.41) is 6.09. The molecule has 2 N–H and O–H groups in total. The SMILES string of the molecule is Cc1cc(NC(=O)C(=O)NCC(c2ccc(F)cc2)N(C)C)c2ccccc2n1. The van der Waals surface area contributed by atoms with Crippen LogP contribution in [0.25, 0.3) is 10.9 Å². The lowest BCUT2D eigenvalue weighted by molar-refractivity contribution is -0.136. The highest BCUT2D eigenvalue weighted by atomic mass is 19.1. The quantitative estimate of drug-likeness (QED) is 0.653. The number of nitrogens with one attached hydrogen (secondary N) is 2. The van der Waals surface area contributed by atoms with E-state index in [2.05, 4.69) is 15.6 Å². The van der Waals surface area contributed by atoms with Crippen molar-refractivity contribution in [1.82, 2.24) is 15.2 Å². The molecule has 3 aromatic rings. The molecule has 3 rings (SSSR count). The highest BCUT2D eigenvalue weighted by Gasteiger charge is 2.19. The van der Waals surface area contributed by atoms with Gasteiger partial charge in [-0.3, -0.25) is 14.6 Å². The van der Waals surface area contributed by atoms with Gasteiger partial charge in [0.05, 0.1) is 17.2 Å². The second-order valence-corrected chi connectivity index (χ2v) is 7.02. The van der Waals surface area contributed by atoms with Gasteiger partial charge in [0.25, 0.3) is 0 Å². The Hall–Kier alpha value is -3.32. The molecule has 6 nitrogen and oxygen atoms in total. The fourth-order valence-corrected chi connectivity index (χ4v) is 3.14. The summed E-state index contributed by atoms with van der Waals surface area (Å²) in [4.78, 5) is 31.1. The van der Waals surface area contributed by atoms with Crippen molar-refractivity contribution in [3.8, 4) is 0 Å². The Bertz CT molecular complexity index is 1030. The minimum absolute atomic E-state index is 0.198. The van der Waals surface area contributed by atoms with Crippen LogP contribution in [-0.2, 0) is 9.59 Å². The Morgan fingerprint density at radius 3 is 2.45 bits per heavy atom. The molecule has 1 atom stereocenters. The van der Waals surface area contributed by atoms with Gasteiger partial charge < -0.3 is 15.5 Å². The van der Waals surface area contributed by atoms with Crippen LogP contribution >= 0.6 is 0 Å². The number of benzene rings is 2. The van der Waals surface area contributed by atoms with E-state index in [1.165, 1.54) is 12.1 Å². The third-order valence-corrected chi connectivity index (χ3v) is 4.63. The number of aryl methyl sites for hydroxylation is 1. The highest BCUT2D eigenvalue weighted by molar-refractivity contribution is 6.40. The Morgan fingerprint density at radius 1 is 1.07 bits per heavy atom. The molecule has 0 aliphatic carbocycles. The molecule has 1 aromatic heterocycles. The topological polar surface area (TPSA) is 74.3 Å². The van der Waals surface area contributed by atoms with Crippen LogP contribution in [0.4, 0.5) is 10.1 Å². The van der Waals surface area contributed by atoms with Gasteiger partial charge in [-0.1, -0.05) is 30.3 Å². The minimum Gasteiger partial charge on any atom is -0.346 e. The zero-order valence-corrected chi connectivity index (χ0v) is 16.6. The van der Waals surface area contributed by atoms with Gasteiger partial charge in [0, 0.05) is 17.6 Å². The van der Waals surface area contributed by atoms with E-state index < -0.39 is 11.8 Å². The first-order valence-electron chi connectivity index (χ1n) is 9.22. The zero-order chi connectivity index (χ0) is 21.0. The van der Waals surface area contributed by atoms with Crippen LogP contribution in [0.3, 0.4) is 0 Å². The number of amides is 2. The Morgan fingerprint density at radius 2 is 1.76 bits per heavy atom. The monoisotopic (exact) mass is 394 g/mol. The predicted molar refractivity (Wildman–Crippen MR) is 111 cm³/mol. The molecular weight excluding hydrogens is 371 g/mol. The second-order valence-electron chi connectivity index (χ2n) is 7.02. The molecule has 0 saturated carbocycles. The van der Waals surface area contributed by atoms with Crippen molar-refractivity contribution in [3.05, 3.63) is 71.7 Å². The van der Waals surface area contributed by atoms with Crippen molar-refractivity contribution in [3.63, 3.8) is 0 Å². The second kappa shape index (κ2) is 8.79. The number of hydrogen-bond donors (Lipinski definition) is 2. The molecule has 0 aliphatic rings. The Balaban J connectivity index is 1.69. The van der Waals surface area contributed by atoms with E-state index in [0.717, 1.165) is 22.2 Å². The van der Waals surface area contributed by atoms with Gasteiger partial charge in [0.15, 0.2) is 0 Å². The van der Waals surface area contributed by atoms with Gasteiger partial charge >= 0.3 is 11.8 Å². The molecule has 0 aliphatic heterocycles. The van der Waals surface area contributed by atoms with Crippen LogP contribution in [0.5, 0.6) is 0 Å². The van der Waals surface area contributed by atoms with Gasteiger partial charge in [-0.15, -0.1) is 0 Å². The molecule has 2 aromatic carbocycles. The molecule has 7 heteroatoms. The van der Waals surface area contributed by atoms with Gasteiger partial charge in [-0.25, -0.2) is 4.39 Å². The lowest BCUT2D eigenvalue weighted by atomic mass is 10.1. The van der Waals surface area contributed by atoms with Crippen molar-refractivity contribution in [1.29, 1.82) is 0 Å². The fraction of sp³-hybridized carbons (Fsp3) is 0.227. The van der Waals surface area contributed by atoms with Gasteiger partial charge in [-0.05, 0) is 50.8 Å². The summed E-state index contributed by atoms with van der Waals surface area (Å²) in [5.74, 6) is -1.82. The van der Waals surface area contributed by atoms with Crippen molar-refractivity contribution < 1.29 is 14.0 Å². The summed E-state index contributed by atoms with van der Waals surface area (Å²) in [6, 6.07) is 15.0. The first kappa shape index (κ1) is 20.4. The van der Waals surface area contributed by atoms with Crippen LogP contribution in [0.2, 0.25) is 0 Å². The number of fused-ring (bicyclic) bond motifs is 1. The fourth-order valence-electron chi connectivity index (χ4n) is 3.14. The maximum Gasteiger partial charge on any atom is 0.313 e. The molecule has 150 valence electrons. The van der Waals surface area contributed by atoms with Crippen LogP contribution in [0.1, 0.15) is 17.3 Å². The van der Waals surface area contributed by atoms with E-state index in [1.54, 1.807) is 18.2 Å². The summed E-state index contributed by atoms with van der Waals surface area (Å²) >= 11 is 0. The molecule has 0 spiro atoms. The van der Waals surface area contributed by atoms with Gasteiger partial charge in [0.2, 0.25) is 0 Å². The summed E-state index contributed by atoms with van der Waals surface area (Å²) < 4.78 is 13.2. The number of pyridine rings is 1. The van der Waals surface area contributed by atoms with E-state index >= 15 is 0 Å². The number of para-hydroxylation sites is 1. The first-order valence-corrected chi connectivity index (χ1v) is 9.22. The minimum atomic E-state index is -0.752. The van der Waals surface area contributed by atoms with E-state index in [4.69, 9.17) is 0 Å². The van der Waals surface area contributed by atoms with E-state index in [0.29, 0.717) is 5.69 Å². The lowest BCUT2D eigenvalue weighted by Crippen LogP contribution is -2.40. The molecule has 1 heterocycles. The normalized spacial score (nSPS) is 12.0.